The maximum absolute atomic E-state index is 4.71. The summed E-state index contributed by atoms with van der Waals surface area (Å²) in [5, 5.41) is 0. The van der Waals surface area contributed by atoms with E-state index in [0.717, 1.165) is 50.7 Å². The van der Waals surface area contributed by atoms with Gasteiger partial charge in [0.05, 0.1) is 12.4 Å². The number of nitrogens with zero attached hydrogens (tertiary/aromatic N) is 7. The summed E-state index contributed by atoms with van der Waals surface area (Å²) >= 11 is 0. The van der Waals surface area contributed by atoms with E-state index in [2.05, 4.69) is 44.6 Å². The van der Waals surface area contributed by atoms with Crippen molar-refractivity contribution >= 4 is 11.6 Å². The van der Waals surface area contributed by atoms with E-state index in [1.165, 1.54) is 5.82 Å². The third-order valence-corrected chi connectivity index (χ3v) is 4.79. The van der Waals surface area contributed by atoms with E-state index in [1.807, 2.05) is 31.4 Å². The quantitative estimate of drug-likeness (QED) is 0.795. The molecule has 3 rings (SSSR count). The smallest absolute Gasteiger partial charge is 0.149 e. The van der Waals surface area contributed by atoms with Crippen molar-refractivity contribution in [2.24, 2.45) is 0 Å². The lowest BCUT2D eigenvalue weighted by atomic mass is 9.96. The van der Waals surface area contributed by atoms with E-state index >= 15 is 0 Å². The minimum absolute atomic E-state index is 0.526. The van der Waals surface area contributed by atoms with Crippen LogP contribution in [0.5, 0.6) is 0 Å². The van der Waals surface area contributed by atoms with Crippen LogP contribution in [-0.2, 0) is 6.54 Å². The van der Waals surface area contributed by atoms with Crippen molar-refractivity contribution in [1.29, 1.82) is 0 Å². The average Bonchev–Trinajstić information content (AvgIpc) is 3.09. The van der Waals surface area contributed by atoms with Gasteiger partial charge in [-0.15, -0.1) is 0 Å². The van der Waals surface area contributed by atoms with E-state index in [4.69, 9.17) is 4.98 Å². The first-order chi connectivity index (χ1) is 12.0. The topological polar surface area (TPSA) is 53.3 Å². The number of likely N-dealkylation sites (N-methyl/N-ethyl adjacent to an activating group) is 1. The van der Waals surface area contributed by atoms with Gasteiger partial charge in [-0.25, -0.2) is 9.97 Å². The molecule has 0 unspecified atom stereocenters. The van der Waals surface area contributed by atoms with Crippen molar-refractivity contribution in [2.45, 2.75) is 25.3 Å². The molecule has 7 nitrogen and oxygen atoms in total. The van der Waals surface area contributed by atoms with E-state index in [1.54, 1.807) is 6.20 Å². The van der Waals surface area contributed by atoms with Crippen molar-refractivity contribution in [1.82, 2.24) is 24.4 Å². The highest BCUT2D eigenvalue weighted by molar-refractivity contribution is 5.45. The zero-order chi connectivity index (χ0) is 17.8. The molecule has 3 heterocycles. The molecular formula is C18H29N7. The number of imidazole rings is 1. The zero-order valence-electron chi connectivity index (χ0n) is 15.8. The third kappa shape index (κ3) is 4.28. The second kappa shape index (κ2) is 7.82. The second-order valence-electron chi connectivity index (χ2n) is 7.17. The Kier molecular flexibility index (Phi) is 5.53. The molecule has 1 aliphatic rings. The number of anilines is 2. The summed E-state index contributed by atoms with van der Waals surface area (Å²) in [4.78, 5) is 20.2. The van der Waals surface area contributed by atoms with Crippen LogP contribution in [0.25, 0.3) is 0 Å². The normalized spacial score (nSPS) is 15.8. The van der Waals surface area contributed by atoms with Crippen LogP contribution >= 0.6 is 0 Å². The fraction of sp³-hybridized carbons (Fsp3) is 0.611. The number of hydrogen-bond acceptors (Lipinski definition) is 6. The number of rotatable bonds is 6. The zero-order valence-corrected chi connectivity index (χ0v) is 15.8. The number of hydrogen-bond donors (Lipinski definition) is 0. The Bertz CT molecular complexity index is 672. The van der Waals surface area contributed by atoms with Crippen molar-refractivity contribution < 1.29 is 0 Å². The Morgan fingerprint density at radius 2 is 1.88 bits per heavy atom. The van der Waals surface area contributed by atoms with Crippen molar-refractivity contribution in [3.8, 4) is 0 Å². The molecule has 0 spiro atoms. The summed E-state index contributed by atoms with van der Waals surface area (Å²) in [6.07, 6.45) is 9.92. The van der Waals surface area contributed by atoms with Crippen molar-refractivity contribution in [3.05, 3.63) is 30.6 Å². The van der Waals surface area contributed by atoms with Gasteiger partial charge in [0.1, 0.15) is 17.5 Å². The standard InChI is InChI=1S/C18H29N7/c1-22(2)11-12-25-10-7-20-18(25)15-5-8-24(9-6-15)17-14-19-13-16(21-17)23(3)4/h7,10,13-15H,5-6,8-9,11-12H2,1-4H3. The highest BCUT2D eigenvalue weighted by Crippen LogP contribution is 2.29. The van der Waals surface area contributed by atoms with E-state index < -0.39 is 0 Å². The minimum atomic E-state index is 0.526. The Morgan fingerprint density at radius 1 is 1.12 bits per heavy atom. The molecule has 0 radical (unpaired) electrons. The molecule has 0 aliphatic carbocycles. The highest BCUT2D eigenvalue weighted by Gasteiger charge is 2.25. The number of piperidine rings is 1. The maximum atomic E-state index is 4.71. The average molecular weight is 343 g/mol. The molecule has 1 fully saturated rings. The van der Waals surface area contributed by atoms with Gasteiger partial charge in [0, 0.05) is 58.6 Å². The molecule has 7 heteroatoms. The van der Waals surface area contributed by atoms with Crippen LogP contribution in [0.2, 0.25) is 0 Å². The van der Waals surface area contributed by atoms with Gasteiger partial charge in [0.2, 0.25) is 0 Å². The molecule has 0 amide bonds. The molecule has 136 valence electrons. The summed E-state index contributed by atoms with van der Waals surface area (Å²) in [6.45, 7) is 4.03. The Morgan fingerprint density at radius 3 is 2.56 bits per heavy atom. The first kappa shape index (κ1) is 17.7. The summed E-state index contributed by atoms with van der Waals surface area (Å²) in [5.41, 5.74) is 0. The molecule has 0 N–H and O–H groups in total. The van der Waals surface area contributed by atoms with Crippen LogP contribution in [-0.4, -0.2) is 72.2 Å². The van der Waals surface area contributed by atoms with Gasteiger partial charge >= 0.3 is 0 Å². The van der Waals surface area contributed by atoms with Crippen LogP contribution in [0, 0.1) is 0 Å². The fourth-order valence-corrected chi connectivity index (χ4v) is 3.26. The second-order valence-corrected chi connectivity index (χ2v) is 7.17. The molecule has 0 atom stereocenters. The van der Waals surface area contributed by atoms with Gasteiger partial charge in [0.25, 0.3) is 0 Å². The van der Waals surface area contributed by atoms with Gasteiger partial charge in [0.15, 0.2) is 0 Å². The van der Waals surface area contributed by atoms with Gasteiger partial charge < -0.3 is 19.3 Å². The molecule has 25 heavy (non-hydrogen) atoms. The Labute approximate surface area is 150 Å². The lowest BCUT2D eigenvalue weighted by molar-refractivity contribution is 0.372. The summed E-state index contributed by atoms with van der Waals surface area (Å²) in [6, 6.07) is 0. The van der Waals surface area contributed by atoms with Crippen molar-refractivity contribution in [3.63, 3.8) is 0 Å². The molecular weight excluding hydrogens is 314 g/mol. The van der Waals surface area contributed by atoms with Gasteiger partial charge in [-0.3, -0.25) is 4.98 Å². The molecule has 2 aromatic rings. The summed E-state index contributed by atoms with van der Waals surface area (Å²) in [7, 11) is 8.21. The van der Waals surface area contributed by atoms with Crippen LogP contribution in [0.4, 0.5) is 11.6 Å². The third-order valence-electron chi connectivity index (χ3n) is 4.79. The monoisotopic (exact) mass is 343 g/mol. The van der Waals surface area contributed by atoms with E-state index in [9.17, 15) is 0 Å². The SMILES string of the molecule is CN(C)CCn1ccnc1C1CCN(c2cncc(N(C)C)n2)CC1. The van der Waals surface area contributed by atoms with Crippen LogP contribution in [0.3, 0.4) is 0 Å². The predicted octanol–water partition coefficient (Wildman–Crippen LogP) is 1.68. The van der Waals surface area contributed by atoms with Gasteiger partial charge in [-0.1, -0.05) is 0 Å². The lowest BCUT2D eigenvalue weighted by Crippen LogP contribution is -2.34. The van der Waals surface area contributed by atoms with Crippen LogP contribution in [0.1, 0.15) is 24.6 Å². The summed E-state index contributed by atoms with van der Waals surface area (Å²) < 4.78 is 2.31. The lowest BCUT2D eigenvalue weighted by Gasteiger charge is -2.33. The fourth-order valence-electron chi connectivity index (χ4n) is 3.26. The molecule has 0 saturated carbocycles. The van der Waals surface area contributed by atoms with Gasteiger partial charge in [-0.05, 0) is 26.9 Å². The van der Waals surface area contributed by atoms with Gasteiger partial charge in [-0.2, -0.15) is 0 Å². The summed E-state index contributed by atoms with van der Waals surface area (Å²) in [5.74, 6) is 3.63. The first-order valence-electron chi connectivity index (χ1n) is 8.94. The Balaban J connectivity index is 1.63. The van der Waals surface area contributed by atoms with Crippen molar-refractivity contribution in [2.75, 3.05) is 57.6 Å². The van der Waals surface area contributed by atoms with E-state index in [0.29, 0.717) is 5.92 Å². The molecule has 0 bridgehead atoms. The van der Waals surface area contributed by atoms with E-state index in [-0.39, 0.29) is 0 Å². The number of aromatic nitrogens is 4. The predicted molar refractivity (Wildman–Crippen MR) is 101 cm³/mol. The molecule has 2 aromatic heterocycles. The van der Waals surface area contributed by atoms with Crippen LogP contribution < -0.4 is 9.80 Å². The molecule has 1 saturated heterocycles. The minimum Gasteiger partial charge on any atom is -0.361 e. The van der Waals surface area contributed by atoms with Crippen LogP contribution in [0.15, 0.2) is 24.8 Å². The highest BCUT2D eigenvalue weighted by atomic mass is 15.2. The molecule has 0 aromatic carbocycles. The largest absolute Gasteiger partial charge is 0.361 e. The maximum Gasteiger partial charge on any atom is 0.149 e. The molecule has 1 aliphatic heterocycles. The first-order valence-corrected chi connectivity index (χ1v) is 8.94. The Hall–Kier alpha value is -2.15.